The molecule has 1 rings (SSSR count). The Morgan fingerprint density at radius 2 is 1.13 bits per heavy atom. The highest BCUT2D eigenvalue weighted by atomic mass is 16.5. The minimum atomic E-state index is -0.395. The van der Waals surface area contributed by atoms with Gasteiger partial charge < -0.3 is 9.47 Å². The summed E-state index contributed by atoms with van der Waals surface area (Å²) in [5.74, 6) is -0.791. The molecular formula is C26H42O4. The summed E-state index contributed by atoms with van der Waals surface area (Å²) < 4.78 is 11.1. The van der Waals surface area contributed by atoms with Crippen LogP contribution < -0.4 is 0 Å². The van der Waals surface area contributed by atoms with Gasteiger partial charge in [0.25, 0.3) is 0 Å². The van der Waals surface area contributed by atoms with Crippen molar-refractivity contribution in [2.45, 2.75) is 92.9 Å². The first-order valence-electron chi connectivity index (χ1n) is 11.5. The van der Waals surface area contributed by atoms with E-state index < -0.39 is 11.9 Å². The number of carbonyl (C=O) groups excluding carboxylic acids is 2. The van der Waals surface area contributed by atoms with E-state index in [2.05, 4.69) is 41.5 Å². The molecule has 1 aromatic carbocycles. The number of benzene rings is 1. The van der Waals surface area contributed by atoms with Crippen molar-refractivity contribution in [1.82, 2.24) is 0 Å². The minimum absolute atomic E-state index is 0.0509. The lowest BCUT2D eigenvalue weighted by Crippen LogP contribution is -2.23. The Labute approximate surface area is 183 Å². The van der Waals surface area contributed by atoms with E-state index in [-0.39, 0.29) is 10.8 Å². The normalized spacial score (nSPS) is 11.9. The molecular weight excluding hydrogens is 376 g/mol. The molecule has 0 saturated heterocycles. The summed E-state index contributed by atoms with van der Waals surface area (Å²) in [6.07, 6.45) is 9.05. The molecule has 0 aromatic heterocycles. The van der Waals surface area contributed by atoms with Crippen LogP contribution in [0.15, 0.2) is 24.3 Å². The van der Waals surface area contributed by atoms with E-state index in [1.54, 1.807) is 24.3 Å². The third kappa shape index (κ3) is 10.3. The Balaban J connectivity index is 2.60. The van der Waals surface area contributed by atoms with Crippen molar-refractivity contribution in [3.05, 3.63) is 35.4 Å². The van der Waals surface area contributed by atoms with Crippen LogP contribution in [0.4, 0.5) is 0 Å². The van der Waals surface area contributed by atoms with Crippen molar-refractivity contribution in [3.8, 4) is 0 Å². The van der Waals surface area contributed by atoms with E-state index in [1.165, 1.54) is 25.7 Å². The van der Waals surface area contributed by atoms with Crippen LogP contribution in [-0.2, 0) is 9.47 Å². The van der Waals surface area contributed by atoms with Gasteiger partial charge in [0.15, 0.2) is 0 Å². The van der Waals surface area contributed by atoms with Gasteiger partial charge in [0, 0.05) is 0 Å². The van der Waals surface area contributed by atoms with Crippen molar-refractivity contribution in [3.63, 3.8) is 0 Å². The standard InChI is InChI=1S/C26H42O4/c1-7-9-11-16-25(3,4)19-29-23(27)21-14-13-15-22(18-21)24(28)30-20-26(5,6)17-12-10-8-2/h13-15,18H,7-12,16-17,19-20H2,1-6H3. The van der Waals surface area contributed by atoms with Crippen LogP contribution in [0.25, 0.3) is 0 Å². The lowest BCUT2D eigenvalue weighted by atomic mass is 9.88. The predicted octanol–water partition coefficient (Wildman–Crippen LogP) is 7.21. The molecule has 0 heterocycles. The van der Waals surface area contributed by atoms with Crippen molar-refractivity contribution in [1.29, 1.82) is 0 Å². The average molecular weight is 419 g/mol. The maximum atomic E-state index is 12.5. The summed E-state index contributed by atoms with van der Waals surface area (Å²) in [7, 11) is 0. The van der Waals surface area contributed by atoms with Crippen LogP contribution in [0.2, 0.25) is 0 Å². The van der Waals surface area contributed by atoms with Crippen LogP contribution in [0.5, 0.6) is 0 Å². The lowest BCUT2D eigenvalue weighted by Gasteiger charge is -2.24. The number of carbonyl (C=O) groups is 2. The number of rotatable bonds is 14. The highest BCUT2D eigenvalue weighted by Crippen LogP contribution is 2.26. The third-order valence-corrected chi connectivity index (χ3v) is 5.44. The van der Waals surface area contributed by atoms with Crippen molar-refractivity contribution in [2.75, 3.05) is 13.2 Å². The Bertz CT molecular complexity index is 608. The fourth-order valence-corrected chi connectivity index (χ4v) is 3.31. The van der Waals surface area contributed by atoms with Gasteiger partial charge in [-0.1, -0.05) is 86.1 Å². The summed E-state index contributed by atoms with van der Waals surface area (Å²) in [5, 5.41) is 0. The van der Waals surface area contributed by atoms with Crippen LogP contribution in [0.3, 0.4) is 0 Å². The Kier molecular flexibility index (Phi) is 11.1. The highest BCUT2D eigenvalue weighted by Gasteiger charge is 2.22. The molecule has 0 atom stereocenters. The molecule has 0 radical (unpaired) electrons. The summed E-state index contributed by atoms with van der Waals surface area (Å²) in [5.41, 5.74) is 0.669. The summed E-state index contributed by atoms with van der Waals surface area (Å²) in [6.45, 7) is 13.6. The van der Waals surface area contributed by atoms with Gasteiger partial charge in [-0.25, -0.2) is 9.59 Å². The summed E-state index contributed by atoms with van der Waals surface area (Å²) in [4.78, 5) is 25.0. The van der Waals surface area contributed by atoms with Gasteiger partial charge in [-0.2, -0.15) is 0 Å². The number of unbranched alkanes of at least 4 members (excludes halogenated alkanes) is 4. The molecule has 4 heteroatoms. The van der Waals surface area contributed by atoms with Crippen molar-refractivity contribution in [2.24, 2.45) is 10.8 Å². The number of esters is 2. The molecule has 0 aliphatic rings. The van der Waals surface area contributed by atoms with Crippen LogP contribution in [0.1, 0.15) is 114 Å². The quantitative estimate of drug-likeness (QED) is 0.236. The topological polar surface area (TPSA) is 52.6 Å². The van der Waals surface area contributed by atoms with E-state index in [0.717, 1.165) is 25.7 Å². The van der Waals surface area contributed by atoms with E-state index in [9.17, 15) is 9.59 Å². The first kappa shape index (κ1) is 26.2. The smallest absolute Gasteiger partial charge is 0.338 e. The van der Waals surface area contributed by atoms with Crippen LogP contribution in [-0.4, -0.2) is 25.2 Å². The number of hydrogen-bond donors (Lipinski definition) is 0. The molecule has 170 valence electrons. The molecule has 0 N–H and O–H groups in total. The second-order valence-corrected chi connectivity index (χ2v) is 9.98. The molecule has 0 amide bonds. The summed E-state index contributed by atoms with van der Waals surface area (Å²) in [6, 6.07) is 6.63. The largest absolute Gasteiger partial charge is 0.462 e. The molecule has 30 heavy (non-hydrogen) atoms. The number of hydrogen-bond acceptors (Lipinski definition) is 4. The molecule has 0 unspecified atom stereocenters. The zero-order valence-corrected chi connectivity index (χ0v) is 20.0. The van der Waals surface area contributed by atoms with Gasteiger partial charge in [0.05, 0.1) is 24.3 Å². The molecule has 4 nitrogen and oxygen atoms in total. The van der Waals surface area contributed by atoms with E-state index in [1.807, 2.05) is 0 Å². The zero-order chi connectivity index (χ0) is 22.6. The van der Waals surface area contributed by atoms with Crippen molar-refractivity contribution >= 4 is 11.9 Å². The SMILES string of the molecule is CCCCCC(C)(C)COC(=O)c1cccc(C(=O)OCC(C)(C)CCCCC)c1. The maximum Gasteiger partial charge on any atom is 0.338 e. The fourth-order valence-electron chi connectivity index (χ4n) is 3.31. The first-order valence-corrected chi connectivity index (χ1v) is 11.5. The molecule has 0 spiro atoms. The minimum Gasteiger partial charge on any atom is -0.462 e. The van der Waals surface area contributed by atoms with Crippen LogP contribution in [0, 0.1) is 10.8 Å². The molecule has 0 saturated carbocycles. The van der Waals surface area contributed by atoms with E-state index >= 15 is 0 Å². The van der Waals surface area contributed by atoms with Gasteiger partial charge in [-0.3, -0.25) is 0 Å². The maximum absolute atomic E-state index is 12.5. The molecule has 0 bridgehead atoms. The Morgan fingerprint density at radius 3 is 1.50 bits per heavy atom. The van der Waals surface area contributed by atoms with Gasteiger partial charge in [-0.05, 0) is 41.9 Å². The summed E-state index contributed by atoms with van der Waals surface area (Å²) >= 11 is 0. The second kappa shape index (κ2) is 12.8. The number of ether oxygens (including phenoxy) is 2. The van der Waals surface area contributed by atoms with Gasteiger partial charge in [0.1, 0.15) is 0 Å². The van der Waals surface area contributed by atoms with Crippen molar-refractivity contribution < 1.29 is 19.1 Å². The first-order chi connectivity index (χ1) is 14.1. The highest BCUT2D eigenvalue weighted by molar-refractivity contribution is 5.95. The molecule has 1 aromatic rings. The zero-order valence-electron chi connectivity index (χ0n) is 20.0. The monoisotopic (exact) mass is 418 g/mol. The predicted molar refractivity (Wildman–Crippen MR) is 123 cm³/mol. The fraction of sp³-hybridized carbons (Fsp3) is 0.692. The third-order valence-electron chi connectivity index (χ3n) is 5.44. The Hall–Kier alpha value is -1.84. The Morgan fingerprint density at radius 1 is 0.733 bits per heavy atom. The van der Waals surface area contributed by atoms with E-state index in [0.29, 0.717) is 24.3 Å². The lowest BCUT2D eigenvalue weighted by molar-refractivity contribution is 0.0319. The molecule has 0 fully saturated rings. The average Bonchev–Trinajstić information content (AvgIpc) is 2.70. The molecule has 0 aliphatic carbocycles. The molecule has 0 aliphatic heterocycles. The van der Waals surface area contributed by atoms with Gasteiger partial charge >= 0.3 is 11.9 Å². The van der Waals surface area contributed by atoms with Gasteiger partial charge in [0.2, 0.25) is 0 Å². The van der Waals surface area contributed by atoms with Crippen LogP contribution >= 0.6 is 0 Å². The second-order valence-electron chi connectivity index (χ2n) is 9.98. The van der Waals surface area contributed by atoms with E-state index in [4.69, 9.17) is 9.47 Å². The van der Waals surface area contributed by atoms with Gasteiger partial charge in [-0.15, -0.1) is 0 Å².